The van der Waals surface area contributed by atoms with Crippen molar-refractivity contribution >= 4 is 15.7 Å². The van der Waals surface area contributed by atoms with Gasteiger partial charge in [-0.3, -0.25) is 4.72 Å². The number of aryl methyl sites for hydroxylation is 1. The number of nitrogens with one attached hydrogen (secondary N) is 1. The summed E-state index contributed by atoms with van der Waals surface area (Å²) in [5.41, 5.74) is 2.07. The molecule has 0 aliphatic rings. The van der Waals surface area contributed by atoms with E-state index in [-0.39, 0.29) is 11.6 Å². The quantitative estimate of drug-likeness (QED) is 0.723. The van der Waals surface area contributed by atoms with Crippen molar-refractivity contribution in [3.05, 3.63) is 48.2 Å². The zero-order valence-electron chi connectivity index (χ0n) is 14.1. The Balaban J connectivity index is 1.94. The van der Waals surface area contributed by atoms with Crippen LogP contribution in [0.2, 0.25) is 0 Å². The highest BCUT2D eigenvalue weighted by atomic mass is 32.2. The van der Waals surface area contributed by atoms with Gasteiger partial charge in [0.2, 0.25) is 0 Å². The molecular formula is C16H18N4O4S. The van der Waals surface area contributed by atoms with Crippen LogP contribution >= 0.6 is 0 Å². The Kier molecular flexibility index (Phi) is 4.60. The van der Waals surface area contributed by atoms with Gasteiger partial charge in [0.25, 0.3) is 10.0 Å². The van der Waals surface area contributed by atoms with Gasteiger partial charge in [0.1, 0.15) is 11.6 Å². The first kappa shape index (κ1) is 17.2. The number of rotatable bonds is 6. The molecule has 8 nitrogen and oxygen atoms in total. The molecule has 0 spiro atoms. The third kappa shape index (κ3) is 3.42. The molecule has 2 aromatic heterocycles. The Bertz CT molecular complexity index is 978. The summed E-state index contributed by atoms with van der Waals surface area (Å²) < 4.78 is 40.0. The van der Waals surface area contributed by atoms with E-state index in [1.54, 1.807) is 38.2 Å². The van der Waals surface area contributed by atoms with Gasteiger partial charge in [0.15, 0.2) is 12.2 Å². The number of ether oxygens (including phenoxy) is 1. The average molecular weight is 362 g/mol. The summed E-state index contributed by atoms with van der Waals surface area (Å²) in [5.74, 6) is 0.557. The lowest BCUT2D eigenvalue weighted by Gasteiger charge is -2.09. The molecule has 0 atom stereocenters. The third-order valence-electron chi connectivity index (χ3n) is 3.67. The minimum atomic E-state index is -3.79. The van der Waals surface area contributed by atoms with E-state index < -0.39 is 10.0 Å². The lowest BCUT2D eigenvalue weighted by Crippen LogP contribution is -2.15. The molecule has 2 heterocycles. The topological polar surface area (TPSA) is 99.2 Å². The van der Waals surface area contributed by atoms with Crippen LogP contribution in [0.25, 0.3) is 11.3 Å². The first-order chi connectivity index (χ1) is 11.9. The van der Waals surface area contributed by atoms with Crippen LogP contribution in [0.15, 0.2) is 46.2 Å². The summed E-state index contributed by atoms with van der Waals surface area (Å²) in [6.45, 7) is 3.53. The first-order valence-corrected chi connectivity index (χ1v) is 8.95. The van der Waals surface area contributed by atoms with Gasteiger partial charge in [-0.1, -0.05) is 12.1 Å². The fraction of sp³-hybridized carbons (Fsp3) is 0.250. The fourth-order valence-corrected chi connectivity index (χ4v) is 4.08. The summed E-state index contributed by atoms with van der Waals surface area (Å²) in [4.78, 5) is 4.01. The molecule has 132 valence electrons. The van der Waals surface area contributed by atoms with Gasteiger partial charge in [-0.2, -0.15) is 5.10 Å². The molecule has 0 unspecified atom stereocenters. The van der Waals surface area contributed by atoms with E-state index in [4.69, 9.17) is 9.15 Å². The minimum absolute atomic E-state index is 0.148. The number of anilines is 1. The number of aromatic nitrogens is 3. The molecule has 25 heavy (non-hydrogen) atoms. The predicted octanol–water partition coefficient (Wildman–Crippen LogP) is 2.56. The summed E-state index contributed by atoms with van der Waals surface area (Å²) in [6, 6.07) is 6.90. The van der Waals surface area contributed by atoms with E-state index in [1.807, 2.05) is 6.07 Å². The molecular weight excluding hydrogens is 344 g/mol. The summed E-state index contributed by atoms with van der Waals surface area (Å²) in [5, 5.41) is 4.22. The van der Waals surface area contributed by atoms with Crippen molar-refractivity contribution in [2.75, 3.05) is 11.8 Å². The molecule has 0 amide bonds. The van der Waals surface area contributed by atoms with Crippen molar-refractivity contribution in [1.29, 1.82) is 0 Å². The highest BCUT2D eigenvalue weighted by molar-refractivity contribution is 7.92. The van der Waals surface area contributed by atoms with E-state index >= 15 is 0 Å². The zero-order chi connectivity index (χ0) is 18.0. The van der Waals surface area contributed by atoms with Crippen LogP contribution in [-0.4, -0.2) is 30.3 Å². The average Bonchev–Trinajstić information content (AvgIpc) is 3.17. The summed E-state index contributed by atoms with van der Waals surface area (Å²) in [7, 11) is -2.27. The number of nitrogens with zero attached hydrogens (tertiary/aromatic N) is 3. The Labute approximate surface area is 145 Å². The van der Waals surface area contributed by atoms with Crippen LogP contribution in [-0.2, 0) is 21.5 Å². The van der Waals surface area contributed by atoms with Gasteiger partial charge in [0.05, 0.1) is 17.6 Å². The smallest absolute Gasteiger partial charge is 0.265 e. The number of hydrogen-bond donors (Lipinski definition) is 1. The van der Waals surface area contributed by atoms with Gasteiger partial charge >= 0.3 is 0 Å². The Morgan fingerprint density at radius 1 is 1.32 bits per heavy atom. The number of benzene rings is 1. The van der Waals surface area contributed by atoms with Crippen molar-refractivity contribution in [2.45, 2.75) is 25.5 Å². The van der Waals surface area contributed by atoms with E-state index in [1.165, 1.54) is 18.2 Å². The number of methoxy groups -OCH3 is 1. The van der Waals surface area contributed by atoms with E-state index in [0.29, 0.717) is 22.8 Å². The highest BCUT2D eigenvalue weighted by Crippen LogP contribution is 2.26. The Morgan fingerprint density at radius 3 is 2.80 bits per heavy atom. The van der Waals surface area contributed by atoms with Gasteiger partial charge in [-0.15, -0.1) is 0 Å². The predicted molar refractivity (Wildman–Crippen MR) is 91.5 cm³/mol. The first-order valence-electron chi connectivity index (χ1n) is 7.47. The largest absolute Gasteiger partial charge is 0.444 e. The van der Waals surface area contributed by atoms with Crippen LogP contribution < -0.4 is 4.72 Å². The number of hydrogen-bond acceptors (Lipinski definition) is 6. The molecule has 1 aromatic carbocycles. The third-order valence-corrected chi connectivity index (χ3v) is 5.30. The minimum Gasteiger partial charge on any atom is -0.444 e. The normalized spacial score (nSPS) is 11.6. The fourth-order valence-electron chi connectivity index (χ4n) is 2.62. The maximum absolute atomic E-state index is 12.8. The molecule has 3 aromatic rings. The zero-order valence-corrected chi connectivity index (χ0v) is 14.9. The molecule has 0 aliphatic carbocycles. The summed E-state index contributed by atoms with van der Waals surface area (Å²) >= 11 is 0. The molecule has 1 N–H and O–H groups in total. The molecule has 0 radical (unpaired) electrons. The van der Waals surface area contributed by atoms with E-state index in [2.05, 4.69) is 14.8 Å². The molecule has 0 saturated carbocycles. The number of sulfonamides is 1. The number of oxazole rings is 1. The van der Waals surface area contributed by atoms with Crippen molar-refractivity contribution in [3.63, 3.8) is 0 Å². The second-order valence-electron chi connectivity index (χ2n) is 5.47. The molecule has 0 saturated heterocycles. The monoisotopic (exact) mass is 362 g/mol. The van der Waals surface area contributed by atoms with Crippen molar-refractivity contribution in [2.24, 2.45) is 0 Å². The van der Waals surface area contributed by atoms with Crippen molar-refractivity contribution < 1.29 is 17.6 Å². The van der Waals surface area contributed by atoms with Crippen LogP contribution in [0.1, 0.15) is 11.4 Å². The maximum Gasteiger partial charge on any atom is 0.265 e. The van der Waals surface area contributed by atoms with Crippen LogP contribution in [0.3, 0.4) is 0 Å². The molecule has 0 fully saturated rings. The van der Waals surface area contributed by atoms with Crippen LogP contribution in [0.5, 0.6) is 0 Å². The maximum atomic E-state index is 12.8. The molecule has 3 rings (SSSR count). The Morgan fingerprint density at radius 2 is 2.12 bits per heavy atom. The molecule has 0 bridgehead atoms. The van der Waals surface area contributed by atoms with Gasteiger partial charge in [0, 0.05) is 18.4 Å². The SMILES string of the molecule is COCn1nc(C)c(S(=O)(=O)Nc2cccc(-c3cnco3)c2)c1C. The highest BCUT2D eigenvalue weighted by Gasteiger charge is 2.25. The van der Waals surface area contributed by atoms with Crippen molar-refractivity contribution in [3.8, 4) is 11.3 Å². The molecule has 9 heteroatoms. The van der Waals surface area contributed by atoms with Gasteiger partial charge in [-0.25, -0.2) is 18.1 Å². The lowest BCUT2D eigenvalue weighted by molar-refractivity contribution is 0.118. The molecule has 0 aliphatic heterocycles. The van der Waals surface area contributed by atoms with Gasteiger partial charge in [-0.05, 0) is 26.0 Å². The Hall–Kier alpha value is -2.65. The van der Waals surface area contributed by atoms with Crippen molar-refractivity contribution in [1.82, 2.24) is 14.8 Å². The summed E-state index contributed by atoms with van der Waals surface area (Å²) in [6.07, 6.45) is 2.89. The van der Waals surface area contributed by atoms with E-state index in [9.17, 15) is 8.42 Å². The van der Waals surface area contributed by atoms with Crippen LogP contribution in [0.4, 0.5) is 5.69 Å². The van der Waals surface area contributed by atoms with Crippen LogP contribution in [0, 0.1) is 13.8 Å². The van der Waals surface area contributed by atoms with Gasteiger partial charge < -0.3 is 9.15 Å². The van der Waals surface area contributed by atoms with E-state index in [0.717, 1.165) is 5.56 Å². The second-order valence-corrected chi connectivity index (χ2v) is 7.09. The lowest BCUT2D eigenvalue weighted by atomic mass is 10.2. The second kappa shape index (κ2) is 6.69. The standard InChI is InChI=1S/C16H18N4O4S/c1-11-16(12(2)20(18-11)10-23-3)25(21,22)19-14-6-4-5-13(7-14)15-8-17-9-24-15/h4-9,19H,10H2,1-3H3.